The number of aliphatic hydroxyl groups is 1. The van der Waals surface area contributed by atoms with Crippen LogP contribution in [-0.4, -0.2) is 41.1 Å². The third kappa shape index (κ3) is 3.88. The Morgan fingerprint density at radius 2 is 1.92 bits per heavy atom. The van der Waals surface area contributed by atoms with Crippen LogP contribution in [0.15, 0.2) is 36.4 Å². The van der Waals surface area contributed by atoms with Gasteiger partial charge in [-0.15, -0.1) is 0 Å². The van der Waals surface area contributed by atoms with Crippen LogP contribution in [0.4, 0.5) is 0 Å². The molecule has 0 aliphatic heterocycles. The van der Waals surface area contributed by atoms with Crippen molar-refractivity contribution in [3.8, 4) is 5.75 Å². The molecule has 1 saturated carbocycles. The summed E-state index contributed by atoms with van der Waals surface area (Å²) in [5.41, 5.74) is 1.42. The normalized spacial score (nSPS) is 20.0. The van der Waals surface area contributed by atoms with Gasteiger partial charge in [0.05, 0.1) is 6.10 Å². The Hall–Kier alpha value is -2.80. The molecule has 1 aromatic carbocycles. The van der Waals surface area contributed by atoms with E-state index >= 15 is 0 Å². The van der Waals surface area contributed by atoms with Gasteiger partial charge in [-0.05, 0) is 25.3 Å². The number of nitrogens with one attached hydrogen (secondary N) is 3. The van der Waals surface area contributed by atoms with Crippen LogP contribution in [0.5, 0.6) is 5.75 Å². The molecule has 1 aliphatic carbocycles. The minimum absolute atomic E-state index is 0.0446. The maximum Gasteiger partial charge on any atom is 0.271 e. The molecule has 1 heterocycles. The van der Waals surface area contributed by atoms with Crippen molar-refractivity contribution in [2.24, 2.45) is 0 Å². The Balaban J connectivity index is 1.78. The lowest BCUT2D eigenvalue weighted by molar-refractivity contribution is 0.0560. The number of hydrogen-bond acceptors (Lipinski definition) is 4. The zero-order chi connectivity index (χ0) is 18.7. The Kier molecular flexibility index (Phi) is 5.27. The molecule has 1 aromatic heterocycles. The van der Waals surface area contributed by atoms with Crippen molar-refractivity contribution in [1.82, 2.24) is 15.6 Å². The highest BCUT2D eigenvalue weighted by atomic mass is 16.5. The molecular formula is C19H23N3O4. The van der Waals surface area contributed by atoms with Crippen LogP contribution in [0.3, 0.4) is 0 Å². The van der Waals surface area contributed by atoms with Gasteiger partial charge in [-0.3, -0.25) is 9.59 Å². The van der Waals surface area contributed by atoms with Crippen molar-refractivity contribution in [2.75, 3.05) is 7.05 Å². The van der Waals surface area contributed by atoms with Crippen molar-refractivity contribution in [1.29, 1.82) is 0 Å². The van der Waals surface area contributed by atoms with Gasteiger partial charge in [-0.2, -0.15) is 0 Å². The van der Waals surface area contributed by atoms with Crippen LogP contribution in [0, 0.1) is 0 Å². The van der Waals surface area contributed by atoms with E-state index in [2.05, 4.69) is 15.6 Å². The first-order chi connectivity index (χ1) is 12.5. The Bertz CT molecular complexity index is 781. The number of rotatable bonds is 6. The van der Waals surface area contributed by atoms with Crippen LogP contribution in [0.25, 0.3) is 0 Å². The molecular weight excluding hydrogens is 334 g/mol. The first-order valence-electron chi connectivity index (χ1n) is 8.63. The Morgan fingerprint density at radius 1 is 1.23 bits per heavy atom. The quantitative estimate of drug-likeness (QED) is 0.632. The maximum atomic E-state index is 12.4. The molecule has 0 saturated heterocycles. The minimum Gasteiger partial charge on any atom is -0.484 e. The molecule has 0 unspecified atom stereocenters. The van der Waals surface area contributed by atoms with Crippen LogP contribution < -0.4 is 15.4 Å². The summed E-state index contributed by atoms with van der Waals surface area (Å²) in [6.45, 7) is 1.88. The molecule has 2 aromatic rings. The van der Waals surface area contributed by atoms with Gasteiger partial charge in [0.2, 0.25) is 0 Å². The van der Waals surface area contributed by atoms with Gasteiger partial charge in [0.15, 0.2) is 5.75 Å². The number of H-pyrrole nitrogens is 1. The summed E-state index contributed by atoms with van der Waals surface area (Å²) < 4.78 is 5.94. The van der Waals surface area contributed by atoms with Crippen molar-refractivity contribution >= 4 is 11.8 Å². The highest BCUT2D eigenvalue weighted by Crippen LogP contribution is 2.27. The van der Waals surface area contributed by atoms with Crippen molar-refractivity contribution in [2.45, 2.75) is 38.0 Å². The summed E-state index contributed by atoms with van der Waals surface area (Å²) in [5, 5.41) is 14.7. The van der Waals surface area contributed by atoms with E-state index in [0.717, 1.165) is 5.56 Å². The average Bonchev–Trinajstić information content (AvgIpc) is 3.04. The first kappa shape index (κ1) is 18.0. The molecule has 0 radical (unpaired) electrons. The lowest BCUT2D eigenvalue weighted by Crippen LogP contribution is -2.46. The first-order valence-corrected chi connectivity index (χ1v) is 8.63. The molecule has 0 spiro atoms. The monoisotopic (exact) mass is 357 g/mol. The standard InChI is InChI=1S/C19H23N3O4/c1-11(12-6-4-3-5-7-12)26-16-10-15(22-17(16)19(25)20-2)18(24)21-13-8-14(23)9-13/h3-7,10-11,13-14,22-23H,8-9H2,1-2H3,(H,20,25)(H,21,24)/t11-,13?,14?/m0/s1. The van der Waals surface area contributed by atoms with Gasteiger partial charge in [-0.1, -0.05) is 30.3 Å². The number of aromatic nitrogens is 1. The van der Waals surface area contributed by atoms with Crippen LogP contribution in [-0.2, 0) is 0 Å². The Labute approximate surface area is 151 Å². The lowest BCUT2D eigenvalue weighted by Gasteiger charge is -2.31. The third-order valence-corrected chi connectivity index (χ3v) is 4.50. The molecule has 1 fully saturated rings. The summed E-state index contributed by atoms with van der Waals surface area (Å²) >= 11 is 0. The SMILES string of the molecule is CNC(=O)c1[nH]c(C(=O)NC2CC(O)C2)cc1O[C@@H](C)c1ccccc1. The molecule has 4 N–H and O–H groups in total. The maximum absolute atomic E-state index is 12.4. The number of aromatic amines is 1. The molecule has 2 amide bonds. The van der Waals surface area contributed by atoms with E-state index in [1.165, 1.54) is 13.1 Å². The zero-order valence-electron chi connectivity index (χ0n) is 14.8. The smallest absolute Gasteiger partial charge is 0.271 e. The summed E-state index contributed by atoms with van der Waals surface area (Å²) in [6, 6.07) is 11.1. The molecule has 7 nitrogen and oxygen atoms in total. The van der Waals surface area contributed by atoms with E-state index < -0.39 is 0 Å². The number of carbonyl (C=O) groups excluding carboxylic acids is 2. The molecule has 26 heavy (non-hydrogen) atoms. The van der Waals surface area contributed by atoms with Crippen LogP contribution >= 0.6 is 0 Å². The average molecular weight is 357 g/mol. The van der Waals surface area contributed by atoms with Gasteiger partial charge in [0.25, 0.3) is 11.8 Å². The van der Waals surface area contributed by atoms with Gasteiger partial charge in [0, 0.05) is 19.2 Å². The molecule has 0 bridgehead atoms. The van der Waals surface area contributed by atoms with Gasteiger partial charge >= 0.3 is 0 Å². The number of benzene rings is 1. The fourth-order valence-corrected chi connectivity index (χ4v) is 2.90. The van der Waals surface area contributed by atoms with E-state index in [1.54, 1.807) is 0 Å². The molecule has 138 valence electrons. The number of aliphatic hydroxyl groups excluding tert-OH is 1. The van der Waals surface area contributed by atoms with Gasteiger partial charge in [0.1, 0.15) is 17.5 Å². The fourth-order valence-electron chi connectivity index (χ4n) is 2.90. The van der Waals surface area contributed by atoms with Crippen molar-refractivity contribution < 1.29 is 19.4 Å². The topological polar surface area (TPSA) is 103 Å². The van der Waals surface area contributed by atoms with E-state index in [4.69, 9.17) is 4.74 Å². The Morgan fingerprint density at radius 3 is 2.54 bits per heavy atom. The largest absolute Gasteiger partial charge is 0.484 e. The number of hydrogen-bond donors (Lipinski definition) is 4. The zero-order valence-corrected chi connectivity index (χ0v) is 14.8. The fraction of sp³-hybridized carbons (Fsp3) is 0.368. The van der Waals surface area contributed by atoms with Gasteiger partial charge in [-0.25, -0.2) is 0 Å². The molecule has 1 atom stereocenters. The van der Waals surface area contributed by atoms with Crippen molar-refractivity contribution in [3.63, 3.8) is 0 Å². The lowest BCUT2D eigenvalue weighted by atomic mass is 9.89. The molecule has 7 heteroatoms. The predicted octanol–water partition coefficient (Wildman–Crippen LogP) is 1.77. The van der Waals surface area contributed by atoms with E-state index in [0.29, 0.717) is 18.6 Å². The van der Waals surface area contributed by atoms with Crippen LogP contribution in [0.1, 0.15) is 52.4 Å². The van der Waals surface area contributed by atoms with Gasteiger partial charge < -0.3 is 25.5 Å². The molecule has 3 rings (SSSR count). The van der Waals surface area contributed by atoms with E-state index in [-0.39, 0.29) is 41.5 Å². The summed E-state index contributed by atoms with van der Waals surface area (Å²) in [5.74, 6) is -0.368. The second-order valence-electron chi connectivity index (χ2n) is 6.47. The predicted molar refractivity (Wildman–Crippen MR) is 96.2 cm³/mol. The minimum atomic E-state index is -0.363. The second-order valence-corrected chi connectivity index (χ2v) is 6.47. The number of carbonyl (C=O) groups is 2. The van der Waals surface area contributed by atoms with E-state index in [1.807, 2.05) is 37.3 Å². The van der Waals surface area contributed by atoms with E-state index in [9.17, 15) is 14.7 Å². The van der Waals surface area contributed by atoms with Crippen LogP contribution in [0.2, 0.25) is 0 Å². The number of ether oxygens (including phenoxy) is 1. The molecule has 1 aliphatic rings. The van der Waals surface area contributed by atoms with Crippen molar-refractivity contribution in [3.05, 3.63) is 53.3 Å². The summed E-state index contributed by atoms with van der Waals surface area (Å²) in [6.07, 6.45) is 0.454. The third-order valence-electron chi connectivity index (χ3n) is 4.50. The summed E-state index contributed by atoms with van der Waals surface area (Å²) in [4.78, 5) is 27.4. The highest BCUT2D eigenvalue weighted by Gasteiger charge is 2.30. The number of amides is 2. The highest BCUT2D eigenvalue weighted by molar-refractivity contribution is 5.99. The summed E-state index contributed by atoms with van der Waals surface area (Å²) in [7, 11) is 1.52. The second kappa shape index (κ2) is 7.61.